The number of rotatable bonds is 1. The van der Waals surface area contributed by atoms with Gasteiger partial charge in [0.1, 0.15) is 5.60 Å². The lowest BCUT2D eigenvalue weighted by Crippen LogP contribution is -2.41. The van der Waals surface area contributed by atoms with Crippen LogP contribution in [0.5, 0.6) is 0 Å². The zero-order chi connectivity index (χ0) is 15.8. The molecule has 0 aromatic heterocycles. The molecule has 0 saturated heterocycles. The third-order valence-corrected chi connectivity index (χ3v) is 3.43. The molecular formula is C16H21NO4. The molecule has 0 spiro atoms. The summed E-state index contributed by atoms with van der Waals surface area (Å²) in [6, 6.07) is 5.10. The van der Waals surface area contributed by atoms with Crippen LogP contribution < -0.4 is 0 Å². The number of ether oxygens (including phenoxy) is 1. The van der Waals surface area contributed by atoms with Crippen molar-refractivity contribution < 1.29 is 19.4 Å². The molecule has 21 heavy (non-hydrogen) atoms. The third-order valence-electron chi connectivity index (χ3n) is 3.43. The average Bonchev–Trinajstić information content (AvgIpc) is 2.35. The van der Waals surface area contributed by atoms with Gasteiger partial charge in [-0.05, 0) is 49.9 Å². The van der Waals surface area contributed by atoms with Crippen molar-refractivity contribution in [2.75, 3.05) is 6.54 Å². The Labute approximate surface area is 124 Å². The Balaban J connectivity index is 2.24. The minimum Gasteiger partial charge on any atom is -0.478 e. The number of hydrogen-bond acceptors (Lipinski definition) is 3. The first kappa shape index (κ1) is 15.4. The van der Waals surface area contributed by atoms with Gasteiger partial charge in [0.05, 0.1) is 5.56 Å². The maximum Gasteiger partial charge on any atom is 0.410 e. The maximum atomic E-state index is 12.2. The highest BCUT2D eigenvalue weighted by molar-refractivity contribution is 5.88. The Bertz CT molecular complexity index is 574. The van der Waals surface area contributed by atoms with Crippen molar-refractivity contribution in [3.63, 3.8) is 0 Å². The van der Waals surface area contributed by atoms with E-state index in [0.717, 1.165) is 11.1 Å². The first-order valence-corrected chi connectivity index (χ1v) is 7.01. The van der Waals surface area contributed by atoms with E-state index in [1.54, 1.807) is 17.0 Å². The van der Waals surface area contributed by atoms with Crippen molar-refractivity contribution in [1.29, 1.82) is 0 Å². The van der Waals surface area contributed by atoms with Crippen molar-refractivity contribution in [3.8, 4) is 0 Å². The summed E-state index contributed by atoms with van der Waals surface area (Å²) in [5, 5.41) is 9.07. The van der Waals surface area contributed by atoms with Gasteiger partial charge in [0.25, 0.3) is 0 Å². The van der Waals surface area contributed by atoms with Gasteiger partial charge < -0.3 is 14.7 Å². The lowest BCUT2D eigenvalue weighted by atomic mass is 9.90. The van der Waals surface area contributed by atoms with E-state index in [4.69, 9.17) is 9.84 Å². The summed E-state index contributed by atoms with van der Waals surface area (Å²) in [5.74, 6) is -0.802. The largest absolute Gasteiger partial charge is 0.478 e. The summed E-state index contributed by atoms with van der Waals surface area (Å²) in [7, 11) is 0. The predicted octanol–water partition coefficient (Wildman–Crippen LogP) is 3.24. The van der Waals surface area contributed by atoms with Crippen molar-refractivity contribution in [3.05, 3.63) is 34.9 Å². The Kier molecular flexibility index (Phi) is 3.94. The second-order valence-corrected chi connectivity index (χ2v) is 6.48. The lowest BCUT2D eigenvalue weighted by molar-refractivity contribution is 0.0209. The van der Waals surface area contributed by atoms with Crippen molar-refractivity contribution in [1.82, 2.24) is 4.90 Å². The minimum atomic E-state index is -0.958. The fourth-order valence-electron chi connectivity index (χ4n) is 2.52. The molecule has 0 aliphatic carbocycles. The molecule has 1 aliphatic heterocycles. The Hall–Kier alpha value is -2.04. The number of benzene rings is 1. The summed E-state index contributed by atoms with van der Waals surface area (Å²) in [5.41, 5.74) is 1.68. The van der Waals surface area contributed by atoms with Gasteiger partial charge in [-0.1, -0.05) is 13.0 Å². The average molecular weight is 291 g/mol. The zero-order valence-electron chi connectivity index (χ0n) is 12.8. The molecule has 2 rings (SSSR count). The molecule has 0 radical (unpaired) electrons. The zero-order valence-corrected chi connectivity index (χ0v) is 12.8. The van der Waals surface area contributed by atoms with Gasteiger partial charge in [0.15, 0.2) is 0 Å². The highest BCUT2D eigenvalue weighted by Crippen LogP contribution is 2.29. The molecule has 1 unspecified atom stereocenters. The van der Waals surface area contributed by atoms with Gasteiger partial charge in [-0.3, -0.25) is 0 Å². The van der Waals surface area contributed by atoms with Crippen molar-refractivity contribution in [2.24, 2.45) is 0 Å². The molecular weight excluding hydrogens is 270 g/mol. The van der Waals surface area contributed by atoms with E-state index >= 15 is 0 Å². The molecule has 0 saturated carbocycles. The van der Waals surface area contributed by atoms with E-state index in [1.165, 1.54) is 0 Å². The molecule has 1 N–H and O–H groups in total. The van der Waals surface area contributed by atoms with Crippen LogP contribution in [0.2, 0.25) is 0 Å². The minimum absolute atomic E-state index is 0.157. The number of carboxylic acids is 1. The predicted molar refractivity (Wildman–Crippen MR) is 78.5 cm³/mol. The summed E-state index contributed by atoms with van der Waals surface area (Å²) in [4.78, 5) is 24.9. The van der Waals surface area contributed by atoms with Gasteiger partial charge in [-0.2, -0.15) is 0 Å². The number of carbonyl (C=O) groups excluding carboxylic acids is 1. The summed E-state index contributed by atoms with van der Waals surface area (Å²) >= 11 is 0. The monoisotopic (exact) mass is 291 g/mol. The van der Waals surface area contributed by atoms with E-state index in [2.05, 4.69) is 0 Å². The fraction of sp³-hybridized carbons (Fsp3) is 0.500. The van der Waals surface area contributed by atoms with E-state index in [-0.39, 0.29) is 17.6 Å². The maximum absolute atomic E-state index is 12.2. The van der Waals surface area contributed by atoms with Crippen LogP contribution >= 0.6 is 0 Å². The molecule has 1 aliphatic rings. The molecule has 5 nitrogen and oxygen atoms in total. The van der Waals surface area contributed by atoms with E-state index in [9.17, 15) is 9.59 Å². The smallest absolute Gasteiger partial charge is 0.410 e. The number of hydrogen-bond donors (Lipinski definition) is 1. The first-order valence-electron chi connectivity index (χ1n) is 7.01. The molecule has 0 bridgehead atoms. The van der Waals surface area contributed by atoms with Crippen molar-refractivity contribution in [2.45, 2.75) is 45.8 Å². The molecule has 0 fully saturated rings. The second-order valence-electron chi connectivity index (χ2n) is 6.48. The second kappa shape index (κ2) is 5.39. The van der Waals surface area contributed by atoms with E-state index < -0.39 is 11.6 Å². The topological polar surface area (TPSA) is 66.8 Å². The quantitative estimate of drug-likeness (QED) is 0.862. The van der Waals surface area contributed by atoms with Crippen LogP contribution in [0.4, 0.5) is 4.79 Å². The van der Waals surface area contributed by atoms with Crippen LogP contribution in [0.25, 0.3) is 0 Å². The molecule has 114 valence electrons. The lowest BCUT2D eigenvalue weighted by Gasteiger charge is -2.34. The van der Waals surface area contributed by atoms with Crippen LogP contribution in [-0.2, 0) is 11.3 Å². The van der Waals surface area contributed by atoms with Gasteiger partial charge in [-0.25, -0.2) is 9.59 Å². The molecule has 1 amide bonds. The fourth-order valence-corrected chi connectivity index (χ4v) is 2.52. The van der Waals surface area contributed by atoms with Gasteiger partial charge >= 0.3 is 12.1 Å². The standard InChI is InChI=1S/C16H21NO4/c1-10-8-17(15(20)21-16(2,3)4)9-12-7-11(14(18)19)5-6-13(10)12/h5-7,10H,8-9H2,1-4H3,(H,18,19). The molecule has 1 aromatic carbocycles. The molecule has 1 atom stereocenters. The number of nitrogens with zero attached hydrogens (tertiary/aromatic N) is 1. The first-order chi connectivity index (χ1) is 9.67. The van der Waals surface area contributed by atoms with Gasteiger partial charge in [0.2, 0.25) is 0 Å². The highest BCUT2D eigenvalue weighted by Gasteiger charge is 2.29. The Morgan fingerprint density at radius 2 is 2.00 bits per heavy atom. The number of amides is 1. The number of carbonyl (C=O) groups is 2. The van der Waals surface area contributed by atoms with Gasteiger partial charge in [0, 0.05) is 13.1 Å². The van der Waals surface area contributed by atoms with Crippen LogP contribution in [0.1, 0.15) is 55.1 Å². The number of fused-ring (bicyclic) bond motifs is 1. The van der Waals surface area contributed by atoms with Crippen LogP contribution in [0.3, 0.4) is 0 Å². The van der Waals surface area contributed by atoms with E-state index in [0.29, 0.717) is 13.1 Å². The van der Waals surface area contributed by atoms with Crippen LogP contribution in [0, 0.1) is 0 Å². The van der Waals surface area contributed by atoms with Gasteiger partial charge in [-0.15, -0.1) is 0 Å². The number of aromatic carboxylic acids is 1. The number of carboxylic acid groups (broad SMARTS) is 1. The molecule has 1 aromatic rings. The Morgan fingerprint density at radius 1 is 1.33 bits per heavy atom. The third kappa shape index (κ3) is 3.54. The van der Waals surface area contributed by atoms with Crippen LogP contribution in [-0.4, -0.2) is 34.2 Å². The summed E-state index contributed by atoms with van der Waals surface area (Å²) in [6.07, 6.45) is -0.360. The normalized spacial score (nSPS) is 18.1. The summed E-state index contributed by atoms with van der Waals surface area (Å²) < 4.78 is 5.39. The highest BCUT2D eigenvalue weighted by atomic mass is 16.6. The summed E-state index contributed by atoms with van der Waals surface area (Å²) in [6.45, 7) is 8.47. The Morgan fingerprint density at radius 3 is 2.57 bits per heavy atom. The van der Waals surface area contributed by atoms with E-state index in [1.807, 2.05) is 33.8 Å². The van der Waals surface area contributed by atoms with Crippen LogP contribution in [0.15, 0.2) is 18.2 Å². The van der Waals surface area contributed by atoms with Crippen molar-refractivity contribution >= 4 is 12.1 Å². The SMILES string of the molecule is CC1CN(C(=O)OC(C)(C)C)Cc2cc(C(=O)O)ccc21. The molecule has 5 heteroatoms. The molecule has 1 heterocycles.